The van der Waals surface area contributed by atoms with E-state index in [1.54, 1.807) is 0 Å². The molecule has 27 heteroatoms. The second-order valence-corrected chi connectivity index (χ2v) is 26.0. The number of aliphatic hydroxyl groups is 1. The predicted octanol–water partition coefficient (Wildman–Crippen LogP) is 6.84. The largest absolute Gasteiger partial charge is 0.508 e. The number of rotatable bonds is 2. The lowest BCUT2D eigenvalue weighted by atomic mass is 9.54. The van der Waals surface area contributed by atoms with Crippen LogP contribution in [0, 0.1) is 23.7 Å². The zero-order chi connectivity index (χ0) is 66.6. The van der Waals surface area contributed by atoms with E-state index in [2.05, 4.69) is 37.2 Å². The Kier molecular flexibility index (Phi) is 15.8. The first-order chi connectivity index (χ1) is 45.5. The number of aromatic hydroxyl groups is 6. The van der Waals surface area contributed by atoms with Crippen LogP contribution in [0.2, 0.25) is 10.0 Å². The number of phenolic OH excluding ortho intramolecular Hbond substituents is 6. The number of aliphatic hydroxyl groups excluding tert-OH is 1. The Morgan fingerprint density at radius 1 is 0.495 bits per heavy atom. The second kappa shape index (κ2) is 24.1. The monoisotopic (exact) mass is 1330 g/mol. The average molecular weight is 1330 g/mol. The van der Waals surface area contributed by atoms with Crippen molar-refractivity contribution in [2.24, 2.45) is 29.4 Å². The molecular weight excluding hydrogens is 1270 g/mol. The molecule has 0 unspecified atom stereocenters. The van der Waals surface area contributed by atoms with Gasteiger partial charge in [0.15, 0.2) is 23.0 Å². The third-order valence-corrected chi connectivity index (χ3v) is 19.6. The van der Waals surface area contributed by atoms with E-state index in [4.69, 9.17) is 43.1 Å². The molecule has 4 saturated carbocycles. The summed E-state index contributed by atoms with van der Waals surface area (Å²) in [5, 5.41) is 101. The first kappa shape index (κ1) is 62.0. The smallest absolute Gasteiger partial charge is 0.248 e. The van der Waals surface area contributed by atoms with Crippen LogP contribution in [0.15, 0.2) is 115 Å². The Labute approximate surface area is 549 Å². The first-order valence-electron chi connectivity index (χ1n) is 30.6. The zero-order valence-corrected chi connectivity index (χ0v) is 51.3. The molecule has 16 N–H and O–H groups in total. The topological polar surface area (TPSA) is 399 Å². The summed E-state index contributed by atoms with van der Waals surface area (Å²) in [6.07, 6.45) is 2.25. The molecule has 0 radical (unpaired) electrons. The number of benzene rings is 7. The third kappa shape index (κ3) is 11.7. The highest BCUT2D eigenvalue weighted by Crippen LogP contribution is 2.55. The molecule has 0 spiro atoms. The molecule has 10 aliphatic rings. The normalized spacial score (nSPS) is 26.7. The fourth-order valence-electron chi connectivity index (χ4n) is 14.6. The summed E-state index contributed by atoms with van der Waals surface area (Å²) in [7, 11) is 0. The first-order valence-corrected chi connectivity index (χ1v) is 31.3. The number of hydrogen-bond donors (Lipinski definition) is 15. The Morgan fingerprint density at radius 3 is 1.75 bits per heavy atom. The van der Waals surface area contributed by atoms with E-state index in [1.807, 2.05) is 0 Å². The summed E-state index contributed by atoms with van der Waals surface area (Å²) < 4.78 is 18.6. The number of carbonyl (C=O) groups is 7. The minimum atomic E-state index is -2.15. The van der Waals surface area contributed by atoms with Gasteiger partial charge in [-0.3, -0.25) is 33.6 Å². The van der Waals surface area contributed by atoms with Crippen LogP contribution in [-0.2, 0) is 40.0 Å². The molecular formula is C68H60Cl2N8O17. The van der Waals surface area contributed by atoms with Gasteiger partial charge in [0.1, 0.15) is 88.6 Å². The predicted molar refractivity (Wildman–Crippen MR) is 336 cm³/mol. The van der Waals surface area contributed by atoms with Crippen LogP contribution in [0.4, 0.5) is 0 Å². The average Bonchev–Trinajstić information content (AvgIpc) is 0.767. The van der Waals surface area contributed by atoms with Crippen molar-refractivity contribution in [3.8, 4) is 80.1 Å². The number of nitrogens with two attached hydrogens (primary N) is 1. The van der Waals surface area contributed by atoms with Crippen LogP contribution in [0.5, 0.6) is 69.0 Å². The van der Waals surface area contributed by atoms with Gasteiger partial charge in [0.05, 0.1) is 10.0 Å². The fraction of sp³-hybridized carbons (Fsp3) is 0.279. The van der Waals surface area contributed by atoms with Crippen LogP contribution in [0.25, 0.3) is 11.1 Å². The minimum Gasteiger partial charge on any atom is -0.508 e. The lowest BCUT2D eigenvalue weighted by molar-refractivity contribution is -0.137. The number of fused-ring (bicyclic) bond motifs is 14. The molecule has 6 aliphatic heterocycles. The number of halogens is 2. The molecule has 7 aromatic rings. The van der Waals surface area contributed by atoms with Crippen LogP contribution in [0.1, 0.15) is 107 Å². The maximum Gasteiger partial charge on any atom is 0.248 e. The fourth-order valence-corrected chi connectivity index (χ4v) is 15.1. The number of carbonyl (C=O) groups excluding carboxylic acids is 7. The van der Waals surface area contributed by atoms with Crippen molar-refractivity contribution in [1.82, 2.24) is 37.2 Å². The summed E-state index contributed by atoms with van der Waals surface area (Å²) in [6, 6.07) is 9.58. The lowest BCUT2D eigenvalue weighted by Crippen LogP contribution is -2.59. The molecule has 95 heavy (non-hydrogen) atoms. The number of nitrogens with one attached hydrogen (secondary N) is 7. The summed E-state index contributed by atoms with van der Waals surface area (Å²) in [5.41, 5.74) is 5.28. The molecule has 17 rings (SSSR count). The Bertz CT molecular complexity index is 4410. The third-order valence-electron chi connectivity index (χ3n) is 19.0. The van der Waals surface area contributed by atoms with Crippen LogP contribution in [-0.4, -0.2) is 95.2 Å². The van der Waals surface area contributed by atoms with Gasteiger partial charge in [0.25, 0.3) is 0 Å². The van der Waals surface area contributed by atoms with Crippen molar-refractivity contribution in [3.05, 3.63) is 164 Å². The highest BCUT2D eigenvalue weighted by Gasteiger charge is 2.50. The van der Waals surface area contributed by atoms with Crippen molar-refractivity contribution in [3.63, 3.8) is 0 Å². The van der Waals surface area contributed by atoms with E-state index in [0.29, 0.717) is 17.4 Å². The highest BCUT2D eigenvalue weighted by molar-refractivity contribution is 6.32. The standard InChI is InChI=1S/C68H60Cl2N8O17/c69-41-14-26-1-7-47(41)94-50-21-35-22-51(61(50)85)95-48-8-4-31(19-42(48)70)60(84)59-68(92)77-58(67(91)73-54-32-10-27-9-28(12-32)13-33(54)11-27)40-24-37(80)25-46(83)52(40)39-18-30(3-5-44(39)81)55(64(88)78-59)75-66(90)57(35)76-65(89)56-34-16-36(79)23-38(17-34)93-49-20-29(2-6-45(49)82)53(71)63(87)72-43(15-26)62(86)74-56/h1-8,14,16-25,27-28,32-33,43,53-60,79-85H,9-13,15,71H2,(H,72,87)(H,73,91)(H,74,86)(H,75,90)(H,76,89)(H,77,92)(H,78,88)/t27?,28?,32?,33?,43-,53+,54?,55-,56+,57-,58+,59+,60-/m1/s1. The van der Waals surface area contributed by atoms with Gasteiger partial charge in [-0.2, -0.15) is 0 Å². The molecule has 488 valence electrons. The van der Waals surface area contributed by atoms with E-state index in [-0.39, 0.29) is 102 Å². The second-order valence-electron chi connectivity index (χ2n) is 25.2. The van der Waals surface area contributed by atoms with Crippen molar-refractivity contribution < 1.29 is 83.5 Å². The summed E-state index contributed by atoms with van der Waals surface area (Å²) in [6.45, 7) is 0. The van der Waals surface area contributed by atoms with E-state index >= 15 is 28.8 Å². The molecule has 21 bridgehead atoms. The lowest BCUT2D eigenvalue weighted by Gasteiger charge is -2.54. The molecule has 4 fully saturated rings. The van der Waals surface area contributed by atoms with Crippen molar-refractivity contribution in [2.75, 3.05) is 0 Å². The van der Waals surface area contributed by atoms with Crippen molar-refractivity contribution in [1.29, 1.82) is 0 Å². The maximum absolute atomic E-state index is 16.0. The number of ether oxygens (including phenoxy) is 3. The Hall–Kier alpha value is -10.5. The van der Waals surface area contributed by atoms with Gasteiger partial charge < -0.3 is 92.9 Å². The summed E-state index contributed by atoms with van der Waals surface area (Å²) >= 11 is 13.9. The van der Waals surface area contributed by atoms with Crippen LogP contribution < -0.4 is 57.2 Å². The van der Waals surface area contributed by atoms with E-state index in [9.17, 15) is 40.5 Å². The van der Waals surface area contributed by atoms with E-state index in [1.165, 1.54) is 72.8 Å². The van der Waals surface area contributed by atoms with Gasteiger partial charge in [-0.05, 0) is 174 Å². The molecule has 4 aliphatic carbocycles. The number of phenols is 6. The Balaban J connectivity index is 0.943. The van der Waals surface area contributed by atoms with Gasteiger partial charge in [0.2, 0.25) is 47.1 Å². The molecule has 7 aromatic carbocycles. The molecule has 25 nitrogen and oxygen atoms in total. The minimum absolute atomic E-state index is 0.111. The summed E-state index contributed by atoms with van der Waals surface area (Å²) in [4.78, 5) is 107. The highest BCUT2D eigenvalue weighted by atomic mass is 35.5. The van der Waals surface area contributed by atoms with Gasteiger partial charge in [-0.25, -0.2) is 0 Å². The van der Waals surface area contributed by atoms with Gasteiger partial charge >= 0.3 is 0 Å². The van der Waals surface area contributed by atoms with Crippen molar-refractivity contribution in [2.45, 2.75) is 93.0 Å². The molecule has 8 atom stereocenters. The zero-order valence-electron chi connectivity index (χ0n) is 49.8. The van der Waals surface area contributed by atoms with Crippen LogP contribution in [0.3, 0.4) is 0 Å². The van der Waals surface area contributed by atoms with Crippen molar-refractivity contribution >= 4 is 64.6 Å². The maximum atomic E-state index is 16.0. The quantitative estimate of drug-likeness (QED) is 0.0842. The van der Waals surface area contributed by atoms with Gasteiger partial charge in [-0.15, -0.1) is 0 Å². The molecule has 0 saturated heterocycles. The number of amides is 7. The summed E-state index contributed by atoms with van der Waals surface area (Å²) in [5.74, 6) is -11.7. The van der Waals surface area contributed by atoms with Crippen LogP contribution >= 0.6 is 23.2 Å². The van der Waals surface area contributed by atoms with Gasteiger partial charge in [-0.1, -0.05) is 47.5 Å². The molecule has 6 heterocycles. The molecule has 0 aromatic heterocycles. The Morgan fingerprint density at radius 2 is 1.07 bits per heavy atom. The SMILES string of the molecule is N[C@@H]1C(=O)N[C@@H]2Cc3ccc(c(Cl)c3)Oc3cc4cc(c3O)Oc3ccc(cc3Cl)[C@@H](O)[C@@H]3NC(=O)[C@H](NC(=O)[C@@H]4NC(=O)[C@@H](NC2=O)c2cc(O)cc(c2)Oc2cc1ccc2O)c1ccc(O)c(c1)-c1c(O)cc(O)cc1[C@@H](C(=O)NC1C2CC4CC(C2)CC1C4)NC3=O. The molecule has 7 amide bonds. The van der Waals surface area contributed by atoms with Gasteiger partial charge in [0, 0.05) is 35.7 Å². The van der Waals surface area contributed by atoms with E-state index in [0.717, 1.165) is 74.6 Å². The number of hydrogen-bond acceptors (Lipinski definition) is 18. The van der Waals surface area contributed by atoms with E-state index < -0.39 is 136 Å².